The van der Waals surface area contributed by atoms with Crippen LogP contribution < -0.4 is 4.90 Å². The topological polar surface area (TPSA) is 75.9 Å². The van der Waals surface area contributed by atoms with Crippen LogP contribution in [0, 0.1) is 10.1 Å². The Kier molecular flexibility index (Phi) is 5.88. The van der Waals surface area contributed by atoms with Crippen molar-refractivity contribution in [2.45, 2.75) is 12.1 Å². The minimum absolute atomic E-state index is 0.0712. The van der Waals surface area contributed by atoms with Crippen LogP contribution in [0.1, 0.15) is 10.4 Å². The number of piperazine rings is 1. The summed E-state index contributed by atoms with van der Waals surface area (Å²) in [5, 5.41) is 11.2. The Morgan fingerprint density at radius 1 is 1.19 bits per heavy atom. The third-order valence-electron chi connectivity index (χ3n) is 4.16. The number of carbonyl (C=O) groups excluding carboxylic acids is 1. The number of alkyl halides is 5. The maximum absolute atomic E-state index is 13.1. The zero-order chi connectivity index (χ0) is 20.4. The lowest BCUT2D eigenvalue weighted by atomic mass is 10.1. The number of benzene rings is 1. The first-order valence-electron chi connectivity index (χ1n) is 7.75. The van der Waals surface area contributed by atoms with Gasteiger partial charge >= 0.3 is 18.1 Å². The summed E-state index contributed by atoms with van der Waals surface area (Å²) in [5.41, 5.74) is -0.364. The van der Waals surface area contributed by atoms with Gasteiger partial charge in [0.25, 0.3) is 5.69 Å². The molecule has 1 aliphatic heterocycles. The molecule has 0 N–H and O–H groups in total. The SMILES string of the molecule is COC(=O)c1ccc(N2CCN(CC(F)(F)C(F)(F)F)CC2)cc1[N+](=O)[O-]. The van der Waals surface area contributed by atoms with Gasteiger partial charge in [0.15, 0.2) is 0 Å². The Bertz CT molecular complexity index is 718. The number of methoxy groups -OCH3 is 1. The van der Waals surface area contributed by atoms with Crippen molar-refractivity contribution in [2.24, 2.45) is 0 Å². The summed E-state index contributed by atoms with van der Waals surface area (Å²) < 4.78 is 67.6. The van der Waals surface area contributed by atoms with Crippen molar-refractivity contribution in [3.63, 3.8) is 0 Å². The number of ether oxygens (including phenoxy) is 1. The molecule has 1 aliphatic rings. The Hall–Kier alpha value is -2.50. The maximum atomic E-state index is 13.1. The number of anilines is 1. The molecule has 0 radical (unpaired) electrons. The van der Waals surface area contributed by atoms with Crippen molar-refractivity contribution in [3.8, 4) is 0 Å². The highest BCUT2D eigenvalue weighted by Crippen LogP contribution is 2.36. The molecular weight excluding hydrogens is 381 g/mol. The second-order valence-corrected chi connectivity index (χ2v) is 5.92. The number of carbonyl (C=O) groups is 1. The Morgan fingerprint density at radius 3 is 2.26 bits per heavy atom. The van der Waals surface area contributed by atoms with Gasteiger partial charge in [0, 0.05) is 37.9 Å². The molecule has 1 fully saturated rings. The summed E-state index contributed by atoms with van der Waals surface area (Å²) in [7, 11) is 1.08. The molecular formula is C15H16F5N3O4. The van der Waals surface area contributed by atoms with Crippen LogP contribution in [0.25, 0.3) is 0 Å². The highest BCUT2D eigenvalue weighted by Gasteiger charge is 2.58. The molecule has 150 valence electrons. The van der Waals surface area contributed by atoms with Gasteiger partial charge in [0.05, 0.1) is 18.6 Å². The first kappa shape index (κ1) is 20.8. The Morgan fingerprint density at radius 2 is 1.78 bits per heavy atom. The average Bonchev–Trinajstić information content (AvgIpc) is 2.60. The van der Waals surface area contributed by atoms with Gasteiger partial charge in [-0.25, -0.2) is 4.79 Å². The van der Waals surface area contributed by atoms with Crippen LogP contribution in [-0.4, -0.2) is 67.7 Å². The van der Waals surface area contributed by atoms with Crippen molar-refractivity contribution >= 4 is 17.3 Å². The molecule has 0 amide bonds. The summed E-state index contributed by atoms with van der Waals surface area (Å²) in [6, 6.07) is 3.79. The standard InChI is InChI=1S/C15H16F5N3O4/c1-27-13(24)11-3-2-10(8-12(11)23(25)26)22-6-4-21(5-7-22)9-14(16,17)15(18,19)20/h2-3,8H,4-7,9H2,1H3. The van der Waals surface area contributed by atoms with Crippen molar-refractivity contribution < 1.29 is 36.4 Å². The molecule has 0 saturated carbocycles. The lowest BCUT2D eigenvalue weighted by Gasteiger charge is -2.37. The van der Waals surface area contributed by atoms with Gasteiger partial charge in [0.1, 0.15) is 5.56 Å². The van der Waals surface area contributed by atoms with Gasteiger partial charge in [-0.3, -0.25) is 15.0 Å². The van der Waals surface area contributed by atoms with E-state index in [1.807, 2.05) is 0 Å². The summed E-state index contributed by atoms with van der Waals surface area (Å²) in [6.07, 6.45) is -5.62. The smallest absolute Gasteiger partial charge is 0.454 e. The van der Waals surface area contributed by atoms with Crippen LogP contribution in [0.15, 0.2) is 18.2 Å². The van der Waals surface area contributed by atoms with E-state index in [-0.39, 0.29) is 31.7 Å². The van der Waals surface area contributed by atoms with Crippen molar-refractivity contribution in [1.82, 2.24) is 4.90 Å². The fourth-order valence-corrected chi connectivity index (χ4v) is 2.69. The lowest BCUT2D eigenvalue weighted by Crippen LogP contribution is -2.53. The number of halogens is 5. The average molecular weight is 397 g/mol. The number of nitro benzene ring substituents is 1. The van der Waals surface area contributed by atoms with Crippen molar-refractivity contribution in [2.75, 3.05) is 44.7 Å². The van der Waals surface area contributed by atoms with E-state index >= 15 is 0 Å². The van der Waals surface area contributed by atoms with Gasteiger partial charge in [0.2, 0.25) is 0 Å². The molecule has 0 unspecified atom stereocenters. The highest BCUT2D eigenvalue weighted by atomic mass is 19.4. The highest BCUT2D eigenvalue weighted by molar-refractivity contribution is 5.94. The van der Waals surface area contributed by atoms with Crippen LogP contribution in [0.5, 0.6) is 0 Å². The Labute approximate surface area is 150 Å². The summed E-state index contributed by atoms with van der Waals surface area (Å²) in [4.78, 5) is 24.6. The van der Waals surface area contributed by atoms with Gasteiger partial charge in [-0.2, -0.15) is 22.0 Å². The van der Waals surface area contributed by atoms with Gasteiger partial charge in [-0.15, -0.1) is 0 Å². The second kappa shape index (κ2) is 7.62. The van der Waals surface area contributed by atoms with Gasteiger partial charge in [-0.1, -0.05) is 0 Å². The molecule has 0 bridgehead atoms. The van der Waals surface area contributed by atoms with E-state index < -0.39 is 35.2 Å². The molecule has 1 aromatic rings. The largest absolute Gasteiger partial charge is 0.465 e. The lowest BCUT2D eigenvalue weighted by molar-refractivity contribution is -0.385. The molecule has 27 heavy (non-hydrogen) atoms. The van der Waals surface area contributed by atoms with E-state index in [0.717, 1.165) is 18.1 Å². The van der Waals surface area contributed by atoms with E-state index in [4.69, 9.17) is 0 Å². The quantitative estimate of drug-likeness (QED) is 0.329. The zero-order valence-corrected chi connectivity index (χ0v) is 14.1. The van der Waals surface area contributed by atoms with E-state index in [9.17, 15) is 36.9 Å². The van der Waals surface area contributed by atoms with Crippen LogP contribution in [0.3, 0.4) is 0 Å². The molecule has 1 aromatic carbocycles. The fraction of sp³-hybridized carbons (Fsp3) is 0.533. The summed E-state index contributed by atoms with van der Waals surface area (Å²) in [5.74, 6) is -5.69. The number of hydrogen-bond donors (Lipinski definition) is 0. The second-order valence-electron chi connectivity index (χ2n) is 5.92. The third kappa shape index (κ3) is 4.62. The fourth-order valence-electron chi connectivity index (χ4n) is 2.69. The minimum Gasteiger partial charge on any atom is -0.465 e. The summed E-state index contributed by atoms with van der Waals surface area (Å²) in [6.45, 7) is -1.38. The number of hydrogen-bond acceptors (Lipinski definition) is 6. The molecule has 0 spiro atoms. The molecule has 0 aliphatic carbocycles. The Balaban J connectivity index is 2.09. The predicted octanol–water partition coefficient (Wildman–Crippen LogP) is 2.70. The normalized spacial score (nSPS) is 16.3. The minimum atomic E-state index is -5.62. The van der Waals surface area contributed by atoms with Crippen LogP contribution in [-0.2, 0) is 4.74 Å². The summed E-state index contributed by atoms with van der Waals surface area (Å²) >= 11 is 0. The number of nitrogens with zero attached hydrogens (tertiary/aromatic N) is 3. The van der Waals surface area contributed by atoms with Gasteiger partial charge in [-0.05, 0) is 12.1 Å². The van der Waals surface area contributed by atoms with Crippen LogP contribution >= 0.6 is 0 Å². The van der Waals surface area contributed by atoms with E-state index in [1.165, 1.54) is 12.1 Å². The number of nitro groups is 1. The van der Waals surface area contributed by atoms with Crippen molar-refractivity contribution in [3.05, 3.63) is 33.9 Å². The van der Waals surface area contributed by atoms with Crippen molar-refractivity contribution in [1.29, 1.82) is 0 Å². The molecule has 2 rings (SSSR count). The molecule has 1 saturated heterocycles. The van der Waals surface area contributed by atoms with Crippen LogP contribution in [0.4, 0.5) is 33.3 Å². The van der Waals surface area contributed by atoms with Gasteiger partial charge < -0.3 is 9.64 Å². The third-order valence-corrected chi connectivity index (χ3v) is 4.16. The number of rotatable bonds is 5. The zero-order valence-electron chi connectivity index (χ0n) is 14.1. The first-order valence-corrected chi connectivity index (χ1v) is 7.75. The predicted molar refractivity (Wildman–Crippen MR) is 84.1 cm³/mol. The molecule has 12 heteroatoms. The molecule has 0 atom stereocenters. The monoisotopic (exact) mass is 397 g/mol. The number of esters is 1. The molecule has 7 nitrogen and oxygen atoms in total. The van der Waals surface area contributed by atoms with Crippen LogP contribution in [0.2, 0.25) is 0 Å². The van der Waals surface area contributed by atoms with E-state index in [0.29, 0.717) is 5.69 Å². The maximum Gasteiger partial charge on any atom is 0.454 e. The van der Waals surface area contributed by atoms with E-state index in [2.05, 4.69) is 4.74 Å². The molecule has 0 aromatic heterocycles. The molecule has 1 heterocycles. The van der Waals surface area contributed by atoms with E-state index in [1.54, 1.807) is 4.90 Å². The first-order chi connectivity index (χ1) is 12.5.